The number of carbonyl (C=O) groups is 1. The topological polar surface area (TPSA) is 38.3 Å². The molecule has 0 saturated heterocycles. The van der Waals surface area contributed by atoms with E-state index in [-0.39, 0.29) is 18.4 Å². The molecule has 1 aromatic carbocycles. The molecule has 0 radical (unpaired) electrons. The van der Waals surface area contributed by atoms with Gasteiger partial charge in [0.2, 0.25) is 0 Å². The number of benzene rings is 1. The zero-order valence-corrected chi connectivity index (χ0v) is 10.2. The number of ether oxygens (including phenoxy) is 1. The Balaban J connectivity index is 1.95. The van der Waals surface area contributed by atoms with Crippen LogP contribution in [-0.2, 0) is 22.3 Å². The third-order valence-electron chi connectivity index (χ3n) is 3.95. The average molecular weight is 271 g/mol. The third-order valence-corrected chi connectivity index (χ3v) is 3.95. The summed E-state index contributed by atoms with van der Waals surface area (Å²) in [5, 5.41) is 3.01. The first-order valence-electron chi connectivity index (χ1n) is 5.92. The molecule has 0 bridgehead atoms. The lowest BCUT2D eigenvalue weighted by Gasteiger charge is -2.24. The molecule has 1 heterocycles. The Morgan fingerprint density at radius 1 is 1.47 bits per heavy atom. The van der Waals surface area contributed by atoms with Gasteiger partial charge in [0, 0.05) is 12.5 Å². The number of methoxy groups -OCH3 is 1. The van der Waals surface area contributed by atoms with Crippen molar-refractivity contribution in [2.24, 2.45) is 0 Å². The standard InChI is InChI=1S/C13H12F3NO2/c1-19-11(18)12-5-10(12)9-3-2-8(13(14,15)16)4-7(9)6-17-12/h2-4,10,17H,5-6H2,1H3. The summed E-state index contributed by atoms with van der Waals surface area (Å²) in [5.41, 5.74) is 0.0508. The first-order chi connectivity index (χ1) is 8.88. The van der Waals surface area contributed by atoms with Crippen LogP contribution in [0.2, 0.25) is 0 Å². The van der Waals surface area contributed by atoms with Crippen LogP contribution in [0.15, 0.2) is 18.2 Å². The highest BCUT2D eigenvalue weighted by atomic mass is 19.4. The number of fused-ring (bicyclic) bond motifs is 3. The van der Waals surface area contributed by atoms with E-state index in [9.17, 15) is 18.0 Å². The van der Waals surface area contributed by atoms with Gasteiger partial charge in [-0.25, -0.2) is 0 Å². The van der Waals surface area contributed by atoms with E-state index in [2.05, 4.69) is 5.32 Å². The number of esters is 1. The summed E-state index contributed by atoms with van der Waals surface area (Å²) in [6, 6.07) is 3.71. The maximum atomic E-state index is 12.6. The molecule has 102 valence electrons. The molecule has 1 aliphatic carbocycles. The summed E-state index contributed by atoms with van der Waals surface area (Å²) in [5.74, 6) is -0.422. The maximum Gasteiger partial charge on any atom is 0.416 e. The van der Waals surface area contributed by atoms with Crippen LogP contribution in [0.3, 0.4) is 0 Å². The van der Waals surface area contributed by atoms with Gasteiger partial charge in [0.15, 0.2) is 0 Å². The number of hydrogen-bond acceptors (Lipinski definition) is 3. The number of hydrogen-bond donors (Lipinski definition) is 1. The second-order valence-electron chi connectivity index (χ2n) is 4.98. The van der Waals surface area contributed by atoms with E-state index in [1.54, 1.807) is 0 Å². The highest BCUT2D eigenvalue weighted by Gasteiger charge is 2.63. The first-order valence-corrected chi connectivity index (χ1v) is 5.92. The summed E-state index contributed by atoms with van der Waals surface area (Å²) < 4.78 is 42.6. The predicted octanol–water partition coefficient (Wildman–Crippen LogP) is 2.21. The lowest BCUT2D eigenvalue weighted by atomic mass is 9.94. The quantitative estimate of drug-likeness (QED) is 0.796. The Labute approximate surface area is 107 Å². The minimum Gasteiger partial charge on any atom is -0.468 e. The van der Waals surface area contributed by atoms with Gasteiger partial charge in [-0.3, -0.25) is 10.1 Å². The number of rotatable bonds is 1. The number of alkyl halides is 3. The van der Waals surface area contributed by atoms with E-state index >= 15 is 0 Å². The van der Waals surface area contributed by atoms with Crippen LogP contribution in [-0.4, -0.2) is 18.6 Å². The molecule has 1 N–H and O–H groups in total. The zero-order valence-electron chi connectivity index (χ0n) is 10.2. The Bertz CT molecular complexity index is 555. The zero-order chi connectivity index (χ0) is 13.8. The molecule has 2 atom stereocenters. The summed E-state index contributed by atoms with van der Waals surface area (Å²) in [6.45, 7) is 0.255. The second-order valence-corrected chi connectivity index (χ2v) is 4.98. The van der Waals surface area contributed by atoms with Gasteiger partial charge in [0.05, 0.1) is 12.7 Å². The Morgan fingerprint density at radius 2 is 2.21 bits per heavy atom. The molecule has 2 unspecified atom stereocenters. The van der Waals surface area contributed by atoms with Gasteiger partial charge < -0.3 is 4.74 Å². The summed E-state index contributed by atoms with van der Waals surface area (Å²) in [6.07, 6.45) is -3.76. The predicted molar refractivity (Wildman–Crippen MR) is 60.4 cm³/mol. The van der Waals surface area contributed by atoms with Crippen molar-refractivity contribution >= 4 is 5.97 Å². The molecule has 6 heteroatoms. The van der Waals surface area contributed by atoms with Crippen molar-refractivity contribution in [3.05, 3.63) is 34.9 Å². The second kappa shape index (κ2) is 3.72. The van der Waals surface area contributed by atoms with Gasteiger partial charge in [-0.05, 0) is 29.7 Å². The third kappa shape index (κ3) is 1.74. The van der Waals surface area contributed by atoms with E-state index in [0.717, 1.165) is 17.7 Å². The van der Waals surface area contributed by atoms with Crippen molar-refractivity contribution in [3.63, 3.8) is 0 Å². The van der Waals surface area contributed by atoms with Crippen molar-refractivity contribution in [3.8, 4) is 0 Å². The largest absolute Gasteiger partial charge is 0.468 e. The molecule has 3 nitrogen and oxygen atoms in total. The highest BCUT2D eigenvalue weighted by Crippen LogP contribution is 2.55. The summed E-state index contributed by atoms with van der Waals surface area (Å²) in [4.78, 5) is 11.7. The molecule has 3 rings (SSSR count). The lowest BCUT2D eigenvalue weighted by Crippen LogP contribution is -2.43. The van der Waals surface area contributed by atoms with Crippen LogP contribution in [0.1, 0.15) is 29.0 Å². The molecule has 0 amide bonds. The number of nitrogens with one attached hydrogen (secondary N) is 1. The Kier molecular flexibility index (Phi) is 2.44. The lowest BCUT2D eigenvalue weighted by molar-refractivity contribution is -0.145. The molecular formula is C13H12F3NO2. The van der Waals surface area contributed by atoms with E-state index < -0.39 is 17.3 Å². The number of carbonyl (C=O) groups excluding carboxylic acids is 1. The molecule has 19 heavy (non-hydrogen) atoms. The van der Waals surface area contributed by atoms with Crippen molar-refractivity contribution < 1.29 is 22.7 Å². The van der Waals surface area contributed by atoms with Gasteiger partial charge in [0.1, 0.15) is 5.54 Å². The van der Waals surface area contributed by atoms with E-state index in [1.165, 1.54) is 13.2 Å². The molecule has 0 aromatic heterocycles. The van der Waals surface area contributed by atoms with E-state index in [4.69, 9.17) is 4.74 Å². The molecular weight excluding hydrogens is 259 g/mol. The smallest absolute Gasteiger partial charge is 0.416 e. The average Bonchev–Trinajstić information content (AvgIpc) is 3.12. The first kappa shape index (κ1) is 12.5. The Hall–Kier alpha value is -1.56. The minimum atomic E-state index is -4.34. The van der Waals surface area contributed by atoms with Crippen LogP contribution in [0.5, 0.6) is 0 Å². The monoisotopic (exact) mass is 271 g/mol. The molecule has 1 fully saturated rings. The number of halogens is 3. The van der Waals surface area contributed by atoms with Crippen molar-refractivity contribution in [2.75, 3.05) is 7.11 Å². The van der Waals surface area contributed by atoms with Crippen molar-refractivity contribution in [1.29, 1.82) is 0 Å². The van der Waals surface area contributed by atoms with Crippen LogP contribution in [0, 0.1) is 0 Å². The normalized spacial score (nSPS) is 28.3. The highest BCUT2D eigenvalue weighted by molar-refractivity contribution is 5.87. The van der Waals surface area contributed by atoms with Gasteiger partial charge in [0.25, 0.3) is 0 Å². The van der Waals surface area contributed by atoms with E-state index in [1.807, 2.05) is 0 Å². The molecule has 1 aromatic rings. The van der Waals surface area contributed by atoms with Gasteiger partial charge in [-0.15, -0.1) is 0 Å². The van der Waals surface area contributed by atoms with Crippen molar-refractivity contribution in [2.45, 2.75) is 30.6 Å². The Morgan fingerprint density at radius 3 is 2.84 bits per heavy atom. The van der Waals surface area contributed by atoms with Crippen LogP contribution in [0.4, 0.5) is 13.2 Å². The van der Waals surface area contributed by atoms with Gasteiger partial charge in [-0.2, -0.15) is 13.2 Å². The minimum absolute atomic E-state index is 0.0778. The molecule has 2 aliphatic rings. The SMILES string of the molecule is COC(=O)C12CC1c1ccc(C(F)(F)F)cc1CN2. The van der Waals surface area contributed by atoms with Crippen LogP contribution in [0.25, 0.3) is 0 Å². The van der Waals surface area contributed by atoms with Crippen molar-refractivity contribution in [1.82, 2.24) is 5.32 Å². The molecule has 1 saturated carbocycles. The molecule has 0 spiro atoms. The fraction of sp³-hybridized carbons (Fsp3) is 0.462. The summed E-state index contributed by atoms with van der Waals surface area (Å²) >= 11 is 0. The van der Waals surface area contributed by atoms with Gasteiger partial charge >= 0.3 is 12.1 Å². The maximum absolute atomic E-state index is 12.6. The fourth-order valence-corrected chi connectivity index (χ4v) is 2.84. The molecule has 1 aliphatic heterocycles. The summed E-state index contributed by atoms with van der Waals surface area (Å²) in [7, 11) is 1.32. The van der Waals surface area contributed by atoms with Crippen LogP contribution >= 0.6 is 0 Å². The van der Waals surface area contributed by atoms with Crippen LogP contribution < -0.4 is 5.32 Å². The van der Waals surface area contributed by atoms with Gasteiger partial charge in [-0.1, -0.05) is 6.07 Å². The fourth-order valence-electron chi connectivity index (χ4n) is 2.84. The van der Waals surface area contributed by atoms with E-state index in [0.29, 0.717) is 12.0 Å².